The van der Waals surface area contributed by atoms with E-state index in [-0.39, 0.29) is 10.5 Å². The summed E-state index contributed by atoms with van der Waals surface area (Å²) in [5, 5.41) is 0. The van der Waals surface area contributed by atoms with E-state index in [0.717, 1.165) is 5.56 Å². The number of ether oxygens (including phenoxy) is 3. The zero-order valence-electron chi connectivity index (χ0n) is 17.6. The van der Waals surface area contributed by atoms with Crippen LogP contribution < -0.4 is 25.0 Å². The third-order valence-corrected chi connectivity index (χ3v) is 5.48. The van der Waals surface area contributed by atoms with Gasteiger partial charge in [-0.2, -0.15) is 4.72 Å². The van der Waals surface area contributed by atoms with Crippen molar-refractivity contribution in [2.45, 2.75) is 11.8 Å². The lowest BCUT2D eigenvalue weighted by atomic mass is 10.2. The van der Waals surface area contributed by atoms with Gasteiger partial charge in [-0.3, -0.25) is 25.2 Å². The summed E-state index contributed by atoms with van der Waals surface area (Å²) in [7, 11) is -1.04. The third-order valence-electron chi connectivity index (χ3n) is 4.06. The van der Waals surface area contributed by atoms with E-state index in [4.69, 9.17) is 14.2 Å². The van der Waals surface area contributed by atoms with E-state index in [1.165, 1.54) is 44.6 Å². The van der Waals surface area contributed by atoms with Crippen LogP contribution in [-0.2, 0) is 24.3 Å². The molecule has 0 aromatic heterocycles. The number of esters is 1. The van der Waals surface area contributed by atoms with E-state index in [9.17, 15) is 22.8 Å². The zero-order chi connectivity index (χ0) is 23.7. The minimum atomic E-state index is -3.90. The van der Waals surface area contributed by atoms with E-state index < -0.39 is 41.0 Å². The molecule has 0 saturated heterocycles. The Bertz CT molecular complexity index is 1080. The normalized spacial score (nSPS) is 10.7. The molecule has 172 valence electrons. The van der Waals surface area contributed by atoms with Crippen LogP contribution in [0.25, 0.3) is 0 Å². The molecule has 0 unspecified atom stereocenters. The van der Waals surface area contributed by atoms with Crippen LogP contribution in [-0.4, -0.2) is 53.6 Å². The van der Waals surface area contributed by atoms with Gasteiger partial charge in [0.1, 0.15) is 6.54 Å². The van der Waals surface area contributed by atoms with Gasteiger partial charge in [0.05, 0.1) is 19.1 Å². The number of methoxy groups -OCH3 is 2. The van der Waals surface area contributed by atoms with Crippen molar-refractivity contribution in [3.05, 3.63) is 53.6 Å². The van der Waals surface area contributed by atoms with Gasteiger partial charge in [0.2, 0.25) is 10.0 Å². The van der Waals surface area contributed by atoms with Gasteiger partial charge < -0.3 is 14.2 Å². The highest BCUT2D eigenvalue weighted by atomic mass is 32.2. The Balaban J connectivity index is 1.77. The molecule has 0 bridgehead atoms. The summed E-state index contributed by atoms with van der Waals surface area (Å²) < 4.78 is 41.2. The summed E-state index contributed by atoms with van der Waals surface area (Å²) in [5.41, 5.74) is 5.30. The Kier molecular flexibility index (Phi) is 8.55. The smallest absolute Gasteiger partial charge is 0.321 e. The van der Waals surface area contributed by atoms with Gasteiger partial charge in [-0.25, -0.2) is 8.42 Å². The molecule has 0 aliphatic heterocycles. The topological polar surface area (TPSA) is 149 Å². The molecule has 2 rings (SSSR count). The van der Waals surface area contributed by atoms with Crippen molar-refractivity contribution in [2.24, 2.45) is 0 Å². The fourth-order valence-corrected chi connectivity index (χ4v) is 3.33. The molecule has 12 heteroatoms. The highest BCUT2D eigenvalue weighted by molar-refractivity contribution is 7.89. The van der Waals surface area contributed by atoms with Crippen LogP contribution in [0.2, 0.25) is 0 Å². The second-order valence-electron chi connectivity index (χ2n) is 6.37. The number of amides is 2. The van der Waals surface area contributed by atoms with Crippen molar-refractivity contribution >= 4 is 27.8 Å². The molecule has 0 fully saturated rings. The largest absolute Gasteiger partial charge is 0.493 e. The van der Waals surface area contributed by atoms with Crippen LogP contribution in [0, 0.1) is 6.92 Å². The number of carbonyl (C=O) groups excluding carboxylic acids is 3. The fraction of sp³-hybridized carbons (Fsp3) is 0.250. The molecule has 0 aliphatic carbocycles. The number of hydrogen-bond donors (Lipinski definition) is 3. The molecule has 0 radical (unpaired) electrons. The van der Waals surface area contributed by atoms with Gasteiger partial charge in [-0.05, 0) is 37.3 Å². The lowest BCUT2D eigenvalue weighted by Gasteiger charge is -2.11. The second kappa shape index (κ2) is 11.1. The maximum absolute atomic E-state index is 12.1. The summed E-state index contributed by atoms with van der Waals surface area (Å²) in [5.74, 6) is -1.68. The number of carbonyl (C=O) groups is 3. The standard InChI is InChI=1S/C20H23N3O8S/c1-13-4-7-15(8-5-13)32(27,28)21-11-19(25)31-12-18(24)22-23-20(26)14-6-9-16(29-2)17(10-14)30-3/h4-10,21H,11-12H2,1-3H3,(H,22,24)(H,23,26). The molecule has 0 saturated carbocycles. The number of hydrogen-bond acceptors (Lipinski definition) is 8. The molecular formula is C20H23N3O8S. The second-order valence-corrected chi connectivity index (χ2v) is 8.14. The van der Waals surface area contributed by atoms with Crippen molar-refractivity contribution in [3.8, 4) is 11.5 Å². The van der Waals surface area contributed by atoms with Crippen molar-refractivity contribution in [1.82, 2.24) is 15.6 Å². The summed E-state index contributed by atoms with van der Waals surface area (Å²) >= 11 is 0. The average Bonchev–Trinajstić information content (AvgIpc) is 2.79. The van der Waals surface area contributed by atoms with Gasteiger partial charge in [0.25, 0.3) is 11.8 Å². The first kappa shape index (κ1) is 24.6. The number of sulfonamides is 1. The van der Waals surface area contributed by atoms with Crippen LogP contribution in [0.3, 0.4) is 0 Å². The lowest BCUT2D eigenvalue weighted by Crippen LogP contribution is -2.44. The predicted molar refractivity (Wildman–Crippen MR) is 112 cm³/mol. The molecule has 32 heavy (non-hydrogen) atoms. The Hall–Kier alpha value is -3.64. The van der Waals surface area contributed by atoms with Crippen LogP contribution in [0.4, 0.5) is 0 Å². The molecule has 0 atom stereocenters. The fourth-order valence-electron chi connectivity index (χ4n) is 2.36. The first-order chi connectivity index (χ1) is 15.2. The van der Waals surface area contributed by atoms with Gasteiger partial charge in [-0.15, -0.1) is 0 Å². The number of hydrazine groups is 1. The minimum absolute atomic E-state index is 0.00785. The van der Waals surface area contributed by atoms with Crippen LogP contribution in [0.5, 0.6) is 11.5 Å². The zero-order valence-corrected chi connectivity index (χ0v) is 18.4. The predicted octanol–water partition coefficient (Wildman–Crippen LogP) is 0.295. The van der Waals surface area contributed by atoms with Gasteiger partial charge in [0.15, 0.2) is 18.1 Å². The van der Waals surface area contributed by atoms with Crippen LogP contribution >= 0.6 is 0 Å². The maximum atomic E-state index is 12.1. The van der Waals surface area contributed by atoms with Gasteiger partial charge >= 0.3 is 5.97 Å². The summed E-state index contributed by atoms with van der Waals surface area (Å²) in [6, 6.07) is 10.4. The monoisotopic (exact) mass is 465 g/mol. The van der Waals surface area contributed by atoms with Crippen molar-refractivity contribution < 1.29 is 37.0 Å². The average molecular weight is 465 g/mol. The molecule has 11 nitrogen and oxygen atoms in total. The number of rotatable bonds is 9. The van der Waals surface area contributed by atoms with Crippen LogP contribution in [0.15, 0.2) is 47.4 Å². The number of benzene rings is 2. The van der Waals surface area contributed by atoms with E-state index in [2.05, 4.69) is 15.6 Å². The molecular weight excluding hydrogens is 442 g/mol. The Labute approximate surface area is 185 Å². The van der Waals surface area contributed by atoms with E-state index in [0.29, 0.717) is 11.5 Å². The molecule has 2 aromatic carbocycles. The van der Waals surface area contributed by atoms with Gasteiger partial charge in [0, 0.05) is 5.56 Å². The molecule has 0 heterocycles. The third kappa shape index (κ3) is 6.96. The van der Waals surface area contributed by atoms with Crippen molar-refractivity contribution in [2.75, 3.05) is 27.4 Å². The van der Waals surface area contributed by atoms with E-state index >= 15 is 0 Å². The number of aryl methyl sites for hydroxylation is 1. The molecule has 0 spiro atoms. The highest BCUT2D eigenvalue weighted by Gasteiger charge is 2.17. The summed E-state index contributed by atoms with van der Waals surface area (Å²) in [4.78, 5) is 35.6. The number of nitrogens with one attached hydrogen (secondary N) is 3. The molecule has 3 N–H and O–H groups in total. The Morgan fingerprint density at radius 2 is 1.56 bits per heavy atom. The van der Waals surface area contributed by atoms with Crippen molar-refractivity contribution in [1.29, 1.82) is 0 Å². The van der Waals surface area contributed by atoms with E-state index in [1.54, 1.807) is 12.1 Å². The quantitative estimate of drug-likeness (QED) is 0.354. The van der Waals surface area contributed by atoms with Gasteiger partial charge in [-0.1, -0.05) is 17.7 Å². The first-order valence-electron chi connectivity index (χ1n) is 9.19. The summed E-state index contributed by atoms with van der Waals surface area (Å²) in [6.07, 6.45) is 0. The lowest BCUT2D eigenvalue weighted by molar-refractivity contribution is -0.147. The highest BCUT2D eigenvalue weighted by Crippen LogP contribution is 2.27. The Morgan fingerprint density at radius 3 is 2.19 bits per heavy atom. The minimum Gasteiger partial charge on any atom is -0.493 e. The molecule has 2 aromatic rings. The summed E-state index contributed by atoms with van der Waals surface area (Å²) in [6.45, 7) is 0.418. The first-order valence-corrected chi connectivity index (χ1v) is 10.7. The SMILES string of the molecule is COc1ccc(C(=O)NNC(=O)COC(=O)CNS(=O)(=O)c2ccc(C)cc2)cc1OC. The molecule has 2 amide bonds. The molecule has 0 aliphatic rings. The van der Waals surface area contributed by atoms with Crippen LogP contribution in [0.1, 0.15) is 15.9 Å². The van der Waals surface area contributed by atoms with E-state index in [1.807, 2.05) is 6.92 Å². The van der Waals surface area contributed by atoms with Crippen molar-refractivity contribution in [3.63, 3.8) is 0 Å². The Morgan fingerprint density at radius 1 is 0.906 bits per heavy atom. The maximum Gasteiger partial charge on any atom is 0.321 e.